The van der Waals surface area contributed by atoms with Crippen molar-refractivity contribution in [2.75, 3.05) is 19.6 Å². The average molecular weight is 546 g/mol. The van der Waals surface area contributed by atoms with E-state index in [0.29, 0.717) is 37.3 Å². The van der Waals surface area contributed by atoms with Crippen LogP contribution in [-0.2, 0) is 33.8 Å². The van der Waals surface area contributed by atoms with Gasteiger partial charge in [-0.2, -0.15) is 0 Å². The fourth-order valence-electron chi connectivity index (χ4n) is 5.50. The highest BCUT2D eigenvalue weighted by atomic mass is 16.5. The second kappa shape index (κ2) is 11.9. The number of rotatable bonds is 3. The van der Waals surface area contributed by atoms with E-state index in [1.807, 2.05) is 37.4 Å². The second-order valence-electron chi connectivity index (χ2n) is 10.8. The number of fused-ring (bicyclic) bond motifs is 9. The molecule has 3 aliphatic heterocycles. The van der Waals surface area contributed by atoms with Gasteiger partial charge in [0.15, 0.2) is 0 Å². The summed E-state index contributed by atoms with van der Waals surface area (Å²) in [6.07, 6.45) is 3.79. The number of nitrogens with zero attached hydrogens (tertiary/aromatic N) is 2. The maximum Gasteiger partial charge on any atom is 0.326 e. The molecule has 1 atom stereocenters. The molecule has 0 unspecified atom stereocenters. The number of nitrogens with one attached hydrogen (secondary N) is 3. The Balaban J connectivity index is 1.38. The first-order valence-electron chi connectivity index (χ1n) is 13.7. The van der Waals surface area contributed by atoms with Crippen LogP contribution < -0.4 is 15.4 Å². The summed E-state index contributed by atoms with van der Waals surface area (Å²) in [5.41, 5.74) is 2.13. The molecule has 1 fully saturated rings. The zero-order chi connectivity index (χ0) is 28.1. The van der Waals surface area contributed by atoms with Crippen LogP contribution >= 0.6 is 0 Å². The van der Waals surface area contributed by atoms with E-state index in [2.05, 4.69) is 25.5 Å². The molecule has 3 aliphatic rings. The fourth-order valence-corrected chi connectivity index (χ4v) is 5.50. The van der Waals surface area contributed by atoms with Crippen molar-refractivity contribution < 1.29 is 24.2 Å². The normalized spacial score (nSPS) is 20.2. The minimum atomic E-state index is -1.11. The number of piperidine rings is 1. The number of amides is 2. The molecule has 4 bridgehead atoms. The lowest BCUT2D eigenvalue weighted by molar-refractivity contribution is -0.142. The lowest BCUT2D eigenvalue weighted by Crippen LogP contribution is -2.50. The van der Waals surface area contributed by atoms with Crippen LogP contribution in [0.15, 0.2) is 54.7 Å². The minimum absolute atomic E-state index is 0.00215. The van der Waals surface area contributed by atoms with Crippen molar-refractivity contribution in [3.8, 4) is 11.5 Å². The van der Waals surface area contributed by atoms with E-state index in [1.165, 1.54) is 0 Å². The van der Waals surface area contributed by atoms with Crippen LogP contribution in [0.25, 0.3) is 0 Å². The summed E-state index contributed by atoms with van der Waals surface area (Å²) in [6.45, 7) is 4.26. The van der Waals surface area contributed by atoms with Crippen molar-refractivity contribution >= 4 is 17.8 Å². The molecule has 10 nitrogen and oxygen atoms in total. The highest BCUT2D eigenvalue weighted by molar-refractivity contribution is 5.86. The van der Waals surface area contributed by atoms with Gasteiger partial charge in [0.1, 0.15) is 23.4 Å². The van der Waals surface area contributed by atoms with E-state index in [1.54, 1.807) is 24.3 Å². The van der Waals surface area contributed by atoms with E-state index in [4.69, 9.17) is 4.74 Å². The molecule has 0 aliphatic carbocycles. The van der Waals surface area contributed by atoms with Crippen molar-refractivity contribution in [1.29, 1.82) is 0 Å². The van der Waals surface area contributed by atoms with E-state index >= 15 is 0 Å². The molecule has 1 spiro atoms. The highest BCUT2D eigenvalue weighted by Crippen LogP contribution is 2.37. The summed E-state index contributed by atoms with van der Waals surface area (Å²) in [4.78, 5) is 48.1. The summed E-state index contributed by atoms with van der Waals surface area (Å²) in [7, 11) is 0. The first-order chi connectivity index (χ1) is 19.3. The molecule has 4 heterocycles. The molecule has 2 amide bonds. The van der Waals surface area contributed by atoms with Crippen molar-refractivity contribution in [3.05, 3.63) is 77.4 Å². The largest absolute Gasteiger partial charge is 0.480 e. The molecule has 1 aromatic heterocycles. The smallest absolute Gasteiger partial charge is 0.326 e. The quantitative estimate of drug-likeness (QED) is 0.397. The standard InChI is InChI=1S/C30H35N5O5/c1-20-18-32-26(33-20)19-35-13-10-30(11-14-35)17-22-3-2-4-24(15-22)40-23-7-5-21(6-8-23)16-25(28(37)38)34-27(36)9-12-31-29(30)39/h2-8,15,18,25H,9-14,16-17,19H2,1H3,(H,31,39)(H,32,33)(H,34,36)(H,37,38)/t25-/m0/s1. The number of aryl methyl sites for hydroxylation is 1. The van der Waals surface area contributed by atoms with Crippen molar-refractivity contribution in [2.24, 2.45) is 5.41 Å². The van der Waals surface area contributed by atoms with Crippen molar-refractivity contribution in [3.63, 3.8) is 0 Å². The highest BCUT2D eigenvalue weighted by Gasteiger charge is 2.41. The summed E-state index contributed by atoms with van der Waals surface area (Å²) >= 11 is 0. The summed E-state index contributed by atoms with van der Waals surface area (Å²) in [5, 5.41) is 15.2. The van der Waals surface area contributed by atoms with Crippen LogP contribution in [0.5, 0.6) is 11.5 Å². The minimum Gasteiger partial charge on any atom is -0.480 e. The number of H-pyrrole nitrogens is 1. The number of hydrogen-bond donors (Lipinski definition) is 4. The molecule has 3 aromatic rings. The molecule has 10 heteroatoms. The Hall–Kier alpha value is -4.18. The summed E-state index contributed by atoms with van der Waals surface area (Å²) in [5.74, 6) is 0.575. The number of carboxylic acid groups (broad SMARTS) is 1. The molecular weight excluding hydrogens is 510 g/mol. The second-order valence-corrected chi connectivity index (χ2v) is 10.8. The first kappa shape index (κ1) is 27.4. The number of carbonyl (C=O) groups excluding carboxylic acids is 2. The molecule has 0 radical (unpaired) electrons. The van der Waals surface area contributed by atoms with Gasteiger partial charge in [0, 0.05) is 31.3 Å². The van der Waals surface area contributed by atoms with Crippen LogP contribution in [0, 0.1) is 12.3 Å². The van der Waals surface area contributed by atoms with Crippen LogP contribution in [0.3, 0.4) is 0 Å². The third kappa shape index (κ3) is 6.69. The number of hydrogen-bond acceptors (Lipinski definition) is 6. The molecule has 4 N–H and O–H groups in total. The molecule has 40 heavy (non-hydrogen) atoms. The average Bonchev–Trinajstić information content (AvgIpc) is 3.34. The Morgan fingerprint density at radius 3 is 2.58 bits per heavy atom. The summed E-state index contributed by atoms with van der Waals surface area (Å²) < 4.78 is 6.09. The Morgan fingerprint density at radius 1 is 1.10 bits per heavy atom. The molecular formula is C30H35N5O5. The van der Waals surface area contributed by atoms with E-state index in [0.717, 1.165) is 35.7 Å². The number of aliphatic carboxylic acids is 1. The first-order valence-corrected chi connectivity index (χ1v) is 13.7. The maximum atomic E-state index is 13.7. The van der Waals surface area contributed by atoms with Crippen LogP contribution in [0.1, 0.15) is 41.9 Å². The van der Waals surface area contributed by atoms with Gasteiger partial charge >= 0.3 is 5.97 Å². The van der Waals surface area contributed by atoms with Gasteiger partial charge in [0.25, 0.3) is 0 Å². The third-order valence-corrected chi connectivity index (χ3v) is 7.73. The Morgan fingerprint density at radius 2 is 1.88 bits per heavy atom. The number of imidazole rings is 1. The topological polar surface area (TPSA) is 137 Å². The van der Waals surface area contributed by atoms with E-state index in [-0.39, 0.29) is 25.3 Å². The predicted molar refractivity (Wildman–Crippen MR) is 148 cm³/mol. The van der Waals surface area contributed by atoms with E-state index < -0.39 is 23.3 Å². The van der Waals surface area contributed by atoms with Gasteiger partial charge in [-0.1, -0.05) is 24.3 Å². The van der Waals surface area contributed by atoms with Gasteiger partial charge in [-0.3, -0.25) is 14.5 Å². The molecule has 0 saturated carbocycles. The molecule has 1 saturated heterocycles. The molecule has 210 valence electrons. The Kier molecular flexibility index (Phi) is 8.16. The SMILES string of the molecule is Cc1cnc(CN2CCC3(CC2)Cc2cccc(c2)Oc2ccc(cc2)C[C@@H](C(=O)O)NC(=O)CCNC3=O)[nH]1. The van der Waals surface area contributed by atoms with E-state index in [9.17, 15) is 19.5 Å². The lowest BCUT2D eigenvalue weighted by atomic mass is 9.73. The van der Waals surface area contributed by atoms with Gasteiger partial charge in [0.2, 0.25) is 11.8 Å². The zero-order valence-corrected chi connectivity index (χ0v) is 22.6. The number of ether oxygens (including phenoxy) is 1. The maximum absolute atomic E-state index is 13.7. The van der Waals surface area contributed by atoms with Crippen LogP contribution in [-0.4, -0.2) is 63.4 Å². The predicted octanol–water partition coefficient (Wildman–Crippen LogP) is 2.97. The van der Waals surface area contributed by atoms with Gasteiger partial charge in [-0.25, -0.2) is 9.78 Å². The number of likely N-dealkylation sites (tertiary alicyclic amines) is 1. The third-order valence-electron chi connectivity index (χ3n) is 7.73. The number of benzene rings is 2. The van der Waals surface area contributed by atoms with Crippen LogP contribution in [0.2, 0.25) is 0 Å². The van der Waals surface area contributed by atoms with Crippen molar-refractivity contribution in [2.45, 2.75) is 51.6 Å². The van der Waals surface area contributed by atoms with Gasteiger partial charge < -0.3 is 25.5 Å². The fraction of sp³-hybridized carbons (Fsp3) is 0.400. The Bertz CT molecular complexity index is 1360. The molecule has 2 aromatic carbocycles. The molecule has 6 rings (SSSR count). The van der Waals surface area contributed by atoms with Gasteiger partial charge in [-0.15, -0.1) is 0 Å². The monoisotopic (exact) mass is 545 g/mol. The zero-order valence-electron chi connectivity index (χ0n) is 22.6. The van der Waals surface area contributed by atoms with Crippen molar-refractivity contribution in [1.82, 2.24) is 25.5 Å². The van der Waals surface area contributed by atoms with Crippen LogP contribution in [0.4, 0.5) is 0 Å². The number of aromatic nitrogens is 2. The lowest BCUT2D eigenvalue weighted by Gasteiger charge is -2.40. The summed E-state index contributed by atoms with van der Waals surface area (Å²) in [6, 6.07) is 13.9. The van der Waals surface area contributed by atoms with Gasteiger partial charge in [0.05, 0.1) is 12.0 Å². The van der Waals surface area contributed by atoms with Gasteiger partial charge in [-0.05, 0) is 74.7 Å². The number of aromatic amines is 1. The number of carboxylic acids is 1. The Labute approximate surface area is 233 Å². The number of carbonyl (C=O) groups is 3.